The van der Waals surface area contributed by atoms with Crippen LogP contribution in [0.1, 0.15) is 30.9 Å². The van der Waals surface area contributed by atoms with Crippen LogP contribution in [0.15, 0.2) is 24.3 Å². The number of hydrogen-bond acceptors (Lipinski definition) is 2. The van der Waals surface area contributed by atoms with Gasteiger partial charge in [-0.3, -0.25) is 0 Å². The van der Waals surface area contributed by atoms with E-state index in [2.05, 4.69) is 6.07 Å². The minimum Gasteiger partial charge on any atom is -0.390 e. The van der Waals surface area contributed by atoms with Crippen LogP contribution >= 0.6 is 0 Å². The minimum atomic E-state index is -0.669. The predicted molar refractivity (Wildman–Crippen MR) is 58.3 cm³/mol. The highest BCUT2D eigenvalue weighted by molar-refractivity contribution is 5.42. The molecule has 2 heteroatoms. The topological polar surface area (TPSA) is 44.0 Å². The van der Waals surface area contributed by atoms with Crippen LogP contribution in [0, 0.1) is 18.3 Å². The molecule has 0 radical (unpaired) electrons. The van der Waals surface area contributed by atoms with Gasteiger partial charge in [0, 0.05) is 0 Å². The smallest absolute Gasteiger partial charge is 0.0879 e. The molecule has 1 aliphatic carbocycles. The van der Waals surface area contributed by atoms with Gasteiger partial charge in [0.1, 0.15) is 0 Å². The van der Waals surface area contributed by atoms with Crippen LogP contribution in [0.2, 0.25) is 0 Å². The van der Waals surface area contributed by atoms with Gasteiger partial charge in [-0.2, -0.15) is 5.26 Å². The van der Waals surface area contributed by atoms with Crippen molar-refractivity contribution < 1.29 is 5.11 Å². The van der Waals surface area contributed by atoms with Crippen LogP contribution in [-0.2, 0) is 5.41 Å². The summed E-state index contributed by atoms with van der Waals surface area (Å²) in [6.45, 7) is 3.81. The monoisotopic (exact) mass is 201 g/mol. The first-order chi connectivity index (χ1) is 6.99. The Kier molecular flexibility index (Phi) is 2.09. The van der Waals surface area contributed by atoms with E-state index < -0.39 is 11.0 Å². The van der Waals surface area contributed by atoms with Crippen molar-refractivity contribution in [1.29, 1.82) is 5.26 Å². The molecule has 0 saturated heterocycles. The molecule has 1 aromatic rings. The summed E-state index contributed by atoms with van der Waals surface area (Å²) in [6.07, 6.45) is 1.09. The Labute approximate surface area is 90.2 Å². The first-order valence-electron chi connectivity index (χ1n) is 5.19. The van der Waals surface area contributed by atoms with Crippen molar-refractivity contribution in [1.82, 2.24) is 0 Å². The molecule has 2 rings (SSSR count). The SMILES string of the molecule is Cc1ccccc1C1(C#N)CC(C)(O)C1. The summed E-state index contributed by atoms with van der Waals surface area (Å²) in [7, 11) is 0. The summed E-state index contributed by atoms with van der Waals surface area (Å²) in [6, 6.07) is 10.3. The average Bonchev–Trinajstić information content (AvgIpc) is 2.14. The van der Waals surface area contributed by atoms with Gasteiger partial charge in [0.15, 0.2) is 0 Å². The highest BCUT2D eigenvalue weighted by Gasteiger charge is 2.53. The normalized spacial score (nSPS) is 34.3. The third kappa shape index (κ3) is 1.53. The molecule has 0 heterocycles. The number of benzene rings is 1. The number of nitrogens with zero attached hydrogens (tertiary/aromatic N) is 1. The third-order valence-electron chi connectivity index (χ3n) is 3.24. The van der Waals surface area contributed by atoms with E-state index in [-0.39, 0.29) is 0 Å². The highest BCUT2D eigenvalue weighted by Crippen LogP contribution is 2.50. The number of hydrogen-bond donors (Lipinski definition) is 1. The van der Waals surface area contributed by atoms with Crippen LogP contribution in [0.5, 0.6) is 0 Å². The number of rotatable bonds is 1. The second-order valence-electron chi connectivity index (χ2n) is 4.86. The molecule has 0 amide bonds. The van der Waals surface area contributed by atoms with E-state index in [1.165, 1.54) is 0 Å². The molecule has 1 fully saturated rings. The summed E-state index contributed by atoms with van der Waals surface area (Å²) in [5.74, 6) is 0. The van der Waals surface area contributed by atoms with Crippen molar-refractivity contribution in [3.63, 3.8) is 0 Å². The van der Waals surface area contributed by atoms with Gasteiger partial charge in [0.25, 0.3) is 0 Å². The van der Waals surface area contributed by atoms with Crippen molar-refractivity contribution in [3.05, 3.63) is 35.4 Å². The number of aryl methyl sites for hydroxylation is 1. The molecule has 1 saturated carbocycles. The molecule has 0 atom stereocenters. The Morgan fingerprint density at radius 1 is 1.33 bits per heavy atom. The maximum absolute atomic E-state index is 9.78. The average molecular weight is 201 g/mol. The van der Waals surface area contributed by atoms with E-state index in [4.69, 9.17) is 0 Å². The zero-order valence-corrected chi connectivity index (χ0v) is 9.12. The maximum Gasteiger partial charge on any atom is 0.0879 e. The van der Waals surface area contributed by atoms with Crippen LogP contribution in [-0.4, -0.2) is 10.7 Å². The first kappa shape index (κ1) is 10.2. The van der Waals surface area contributed by atoms with E-state index in [9.17, 15) is 10.4 Å². The summed E-state index contributed by atoms with van der Waals surface area (Å²) < 4.78 is 0. The van der Waals surface area contributed by atoms with Crippen LogP contribution in [0.4, 0.5) is 0 Å². The molecule has 0 unspecified atom stereocenters. The lowest BCUT2D eigenvalue weighted by molar-refractivity contribution is -0.0557. The van der Waals surface area contributed by atoms with Crippen LogP contribution in [0.3, 0.4) is 0 Å². The van der Waals surface area contributed by atoms with Gasteiger partial charge in [-0.15, -0.1) is 0 Å². The van der Waals surface area contributed by atoms with Gasteiger partial charge in [0.05, 0.1) is 17.1 Å². The lowest BCUT2D eigenvalue weighted by atomic mass is 9.57. The summed E-state index contributed by atoms with van der Waals surface area (Å²) in [5.41, 5.74) is 1.07. The lowest BCUT2D eigenvalue weighted by Crippen LogP contribution is -2.52. The van der Waals surface area contributed by atoms with Gasteiger partial charge < -0.3 is 5.11 Å². The van der Waals surface area contributed by atoms with Crippen molar-refractivity contribution in [2.75, 3.05) is 0 Å². The van der Waals surface area contributed by atoms with Crippen molar-refractivity contribution in [2.45, 2.75) is 37.7 Å². The van der Waals surface area contributed by atoms with Crippen LogP contribution < -0.4 is 0 Å². The van der Waals surface area contributed by atoms with Gasteiger partial charge in [-0.05, 0) is 37.8 Å². The van der Waals surface area contributed by atoms with E-state index in [1.54, 1.807) is 6.92 Å². The molecule has 78 valence electrons. The van der Waals surface area contributed by atoms with E-state index >= 15 is 0 Å². The Balaban J connectivity index is 2.39. The molecular formula is C13H15NO. The molecule has 1 aromatic carbocycles. The second-order valence-corrected chi connectivity index (χ2v) is 4.86. The fraction of sp³-hybridized carbons (Fsp3) is 0.462. The molecule has 1 N–H and O–H groups in total. The summed E-state index contributed by atoms with van der Waals surface area (Å²) in [5, 5.41) is 19.1. The third-order valence-corrected chi connectivity index (χ3v) is 3.24. The largest absolute Gasteiger partial charge is 0.390 e. The fourth-order valence-corrected chi connectivity index (χ4v) is 2.69. The zero-order valence-electron chi connectivity index (χ0n) is 9.12. The molecule has 0 bridgehead atoms. The standard InChI is InChI=1S/C13H15NO/c1-10-5-3-4-6-11(10)13(9-14)7-12(2,15)8-13/h3-6,15H,7-8H2,1-2H3. The number of aliphatic hydroxyl groups is 1. The molecule has 0 aliphatic heterocycles. The molecular weight excluding hydrogens is 186 g/mol. The highest BCUT2D eigenvalue weighted by atomic mass is 16.3. The molecule has 15 heavy (non-hydrogen) atoms. The minimum absolute atomic E-state index is 0.463. The van der Waals surface area contributed by atoms with Gasteiger partial charge in [0.2, 0.25) is 0 Å². The van der Waals surface area contributed by atoms with E-state index in [0.29, 0.717) is 12.8 Å². The Morgan fingerprint density at radius 2 is 1.93 bits per heavy atom. The molecule has 2 nitrogen and oxygen atoms in total. The second kappa shape index (κ2) is 3.08. The first-order valence-corrected chi connectivity index (χ1v) is 5.19. The van der Waals surface area contributed by atoms with E-state index in [1.807, 2.05) is 31.2 Å². The zero-order chi connectivity index (χ0) is 11.1. The van der Waals surface area contributed by atoms with Gasteiger partial charge in [-0.1, -0.05) is 24.3 Å². The lowest BCUT2D eigenvalue weighted by Gasteiger charge is -2.48. The number of nitriles is 1. The predicted octanol–water partition coefficient (Wildman–Crippen LogP) is 2.30. The Morgan fingerprint density at radius 3 is 2.40 bits per heavy atom. The van der Waals surface area contributed by atoms with Crippen molar-refractivity contribution >= 4 is 0 Å². The molecule has 0 spiro atoms. The Bertz CT molecular complexity index is 420. The Hall–Kier alpha value is -1.33. The summed E-state index contributed by atoms with van der Waals surface area (Å²) >= 11 is 0. The van der Waals surface area contributed by atoms with Gasteiger partial charge >= 0.3 is 0 Å². The maximum atomic E-state index is 9.78. The quantitative estimate of drug-likeness (QED) is 0.757. The van der Waals surface area contributed by atoms with E-state index in [0.717, 1.165) is 11.1 Å². The fourth-order valence-electron chi connectivity index (χ4n) is 2.69. The van der Waals surface area contributed by atoms with Crippen molar-refractivity contribution in [3.8, 4) is 6.07 Å². The summed E-state index contributed by atoms with van der Waals surface area (Å²) in [4.78, 5) is 0. The van der Waals surface area contributed by atoms with Crippen molar-refractivity contribution in [2.24, 2.45) is 0 Å². The molecule has 1 aliphatic rings. The van der Waals surface area contributed by atoms with Gasteiger partial charge in [-0.25, -0.2) is 0 Å². The van der Waals surface area contributed by atoms with Crippen LogP contribution in [0.25, 0.3) is 0 Å². The molecule has 0 aromatic heterocycles.